The molecule has 0 saturated heterocycles. The molecule has 0 unspecified atom stereocenters. The maximum Gasteiger partial charge on any atom is 0.333 e. The van der Waals surface area contributed by atoms with Crippen molar-refractivity contribution in [2.24, 2.45) is 0 Å². The van der Waals surface area contributed by atoms with Gasteiger partial charge in [0.2, 0.25) is 5.82 Å². The zero-order valence-electron chi connectivity index (χ0n) is 21.5. The van der Waals surface area contributed by atoms with Gasteiger partial charge in [-0.3, -0.25) is 14.1 Å². The average Bonchev–Trinajstić information content (AvgIpc) is 3.58. The van der Waals surface area contributed by atoms with Crippen molar-refractivity contribution in [3.05, 3.63) is 100.0 Å². The molecule has 5 aromatic rings. The smallest absolute Gasteiger partial charge is 0.292 e. The van der Waals surface area contributed by atoms with Crippen LogP contribution < -0.4 is 5.69 Å². The van der Waals surface area contributed by atoms with E-state index in [1.165, 1.54) is 11.1 Å². The number of aromatic nitrogens is 7. The van der Waals surface area contributed by atoms with Crippen LogP contribution in [0.4, 0.5) is 0 Å². The molecule has 0 bridgehead atoms. The van der Waals surface area contributed by atoms with Crippen LogP contribution in [0.2, 0.25) is 0 Å². The molecule has 0 atom stereocenters. The van der Waals surface area contributed by atoms with Crippen molar-refractivity contribution in [1.82, 2.24) is 34.7 Å². The fraction of sp³-hybridized carbons (Fsp3) is 0.276. The predicted molar refractivity (Wildman–Crippen MR) is 145 cm³/mol. The van der Waals surface area contributed by atoms with Crippen LogP contribution in [0.15, 0.2) is 71.9 Å². The molecule has 3 aromatic heterocycles. The lowest BCUT2D eigenvalue weighted by molar-refractivity contribution is 0.690. The topological polar surface area (TPSA) is 94.3 Å². The van der Waals surface area contributed by atoms with Crippen LogP contribution >= 0.6 is 0 Å². The number of para-hydroxylation sites is 1. The van der Waals surface area contributed by atoms with Gasteiger partial charge < -0.3 is 0 Å². The predicted octanol–water partition coefficient (Wildman–Crippen LogP) is 5.01. The molecular formula is C29H31N7O. The Kier molecular flexibility index (Phi) is 7.07. The number of aromatic amines is 1. The number of rotatable bonds is 9. The van der Waals surface area contributed by atoms with E-state index in [1.54, 1.807) is 12.4 Å². The molecule has 0 spiro atoms. The summed E-state index contributed by atoms with van der Waals surface area (Å²) < 4.78 is 3.78. The van der Waals surface area contributed by atoms with Gasteiger partial charge in [0, 0.05) is 29.8 Å². The lowest BCUT2D eigenvalue weighted by Gasteiger charge is -2.13. The maximum absolute atomic E-state index is 13.8. The molecule has 2 aromatic carbocycles. The van der Waals surface area contributed by atoms with Crippen molar-refractivity contribution in [3.63, 3.8) is 0 Å². The molecule has 8 heteroatoms. The van der Waals surface area contributed by atoms with Gasteiger partial charge >= 0.3 is 5.69 Å². The lowest BCUT2D eigenvalue weighted by atomic mass is 10.00. The molecule has 0 radical (unpaired) electrons. The molecule has 188 valence electrons. The molecule has 1 N–H and O–H groups in total. The zero-order valence-corrected chi connectivity index (χ0v) is 21.5. The Morgan fingerprint density at radius 1 is 0.919 bits per heavy atom. The monoisotopic (exact) mass is 493 g/mol. The number of nitrogens with one attached hydrogen (secondary N) is 1. The lowest BCUT2D eigenvalue weighted by Crippen LogP contribution is -2.26. The highest BCUT2D eigenvalue weighted by Crippen LogP contribution is 2.29. The normalized spacial score (nSPS) is 11.2. The molecular weight excluding hydrogens is 462 g/mol. The second kappa shape index (κ2) is 10.7. The first kappa shape index (κ1) is 24.4. The summed E-state index contributed by atoms with van der Waals surface area (Å²) in [6.45, 7) is 6.95. The van der Waals surface area contributed by atoms with Gasteiger partial charge in [0.1, 0.15) is 0 Å². The second-order valence-electron chi connectivity index (χ2n) is 9.09. The molecule has 3 heterocycles. The largest absolute Gasteiger partial charge is 0.333 e. The standard InChI is InChI=1S/C29H31N7O/c1-4-8-24-19-36(27-21(5-2)9-7-10-22(27)6-3)29(37)35(24)18-20-11-13-23(14-12-20)25-15-16-30-17-26(25)28-31-33-34-32-28/h7,9-17,19H,4-6,8,18H2,1-3H3,(H,31,32,33,34). The van der Waals surface area contributed by atoms with E-state index in [0.717, 1.165) is 59.3 Å². The maximum atomic E-state index is 13.8. The Morgan fingerprint density at radius 3 is 2.32 bits per heavy atom. The van der Waals surface area contributed by atoms with Crippen LogP contribution in [0.5, 0.6) is 0 Å². The van der Waals surface area contributed by atoms with E-state index in [0.29, 0.717) is 12.4 Å². The van der Waals surface area contributed by atoms with Crippen LogP contribution in [-0.4, -0.2) is 34.7 Å². The number of pyridine rings is 1. The number of benzene rings is 2. The molecule has 5 rings (SSSR count). The van der Waals surface area contributed by atoms with Crippen LogP contribution in [0.1, 0.15) is 49.6 Å². The van der Waals surface area contributed by atoms with Gasteiger partial charge in [-0.2, -0.15) is 5.21 Å². The third-order valence-corrected chi connectivity index (χ3v) is 6.79. The Labute approximate surface area is 216 Å². The highest BCUT2D eigenvalue weighted by molar-refractivity contribution is 5.79. The van der Waals surface area contributed by atoms with Crippen molar-refractivity contribution in [2.75, 3.05) is 0 Å². The number of hydrogen-bond donors (Lipinski definition) is 1. The SMILES string of the molecule is CCCc1cn(-c2c(CC)cccc2CC)c(=O)n1Cc1ccc(-c2ccncc2-c2nn[nH]n2)cc1. The van der Waals surface area contributed by atoms with Crippen molar-refractivity contribution in [2.45, 2.75) is 53.0 Å². The summed E-state index contributed by atoms with van der Waals surface area (Å²) in [6, 6.07) is 16.6. The molecule has 0 amide bonds. The first-order valence-electron chi connectivity index (χ1n) is 12.8. The van der Waals surface area contributed by atoms with E-state index < -0.39 is 0 Å². The quantitative estimate of drug-likeness (QED) is 0.312. The van der Waals surface area contributed by atoms with Crippen molar-refractivity contribution >= 4 is 0 Å². The minimum atomic E-state index is 0.0108. The van der Waals surface area contributed by atoms with Gasteiger partial charge in [-0.05, 0) is 58.4 Å². The summed E-state index contributed by atoms with van der Waals surface area (Å²) in [7, 11) is 0. The Hall–Kier alpha value is -4.33. The first-order valence-corrected chi connectivity index (χ1v) is 12.8. The van der Waals surface area contributed by atoms with Crippen LogP contribution in [0.3, 0.4) is 0 Å². The summed E-state index contributed by atoms with van der Waals surface area (Å²) in [4.78, 5) is 18.0. The van der Waals surface area contributed by atoms with Crippen molar-refractivity contribution in [1.29, 1.82) is 0 Å². The van der Waals surface area contributed by atoms with Gasteiger partial charge in [0.05, 0.1) is 12.2 Å². The fourth-order valence-electron chi connectivity index (χ4n) is 4.91. The van der Waals surface area contributed by atoms with E-state index >= 15 is 0 Å². The molecule has 0 aliphatic heterocycles. The molecule has 0 fully saturated rings. The van der Waals surface area contributed by atoms with Gasteiger partial charge in [0.15, 0.2) is 0 Å². The molecule has 8 nitrogen and oxygen atoms in total. The van der Waals surface area contributed by atoms with E-state index in [-0.39, 0.29) is 5.69 Å². The highest BCUT2D eigenvalue weighted by atomic mass is 16.1. The number of nitrogens with zero attached hydrogens (tertiary/aromatic N) is 6. The second-order valence-corrected chi connectivity index (χ2v) is 9.09. The number of imidazole rings is 1. The van der Waals surface area contributed by atoms with Gasteiger partial charge in [0.25, 0.3) is 0 Å². The minimum absolute atomic E-state index is 0.0108. The molecule has 0 aliphatic carbocycles. The first-order chi connectivity index (χ1) is 18.1. The third kappa shape index (κ3) is 4.74. The number of aryl methyl sites for hydroxylation is 3. The zero-order chi connectivity index (χ0) is 25.8. The van der Waals surface area contributed by atoms with Crippen molar-refractivity contribution in [3.8, 4) is 28.2 Å². The Balaban J connectivity index is 1.51. The van der Waals surface area contributed by atoms with Crippen molar-refractivity contribution < 1.29 is 0 Å². The van der Waals surface area contributed by atoms with Crippen LogP contribution in [-0.2, 0) is 25.8 Å². The van der Waals surface area contributed by atoms with Gasteiger partial charge in [-0.1, -0.05) is 69.7 Å². The van der Waals surface area contributed by atoms with E-state index in [4.69, 9.17) is 0 Å². The Bertz CT molecular complexity index is 1520. The fourth-order valence-corrected chi connectivity index (χ4v) is 4.91. The average molecular weight is 494 g/mol. The highest BCUT2D eigenvalue weighted by Gasteiger charge is 2.17. The van der Waals surface area contributed by atoms with E-state index in [2.05, 4.69) is 88.8 Å². The van der Waals surface area contributed by atoms with Crippen LogP contribution in [0.25, 0.3) is 28.2 Å². The van der Waals surface area contributed by atoms with Gasteiger partial charge in [-0.25, -0.2) is 4.79 Å². The number of tetrazole rings is 1. The summed E-state index contributed by atoms with van der Waals surface area (Å²) in [6.07, 6.45) is 9.12. The molecule has 37 heavy (non-hydrogen) atoms. The van der Waals surface area contributed by atoms with Crippen LogP contribution in [0, 0.1) is 0 Å². The number of hydrogen-bond acceptors (Lipinski definition) is 5. The molecule has 0 saturated carbocycles. The summed E-state index contributed by atoms with van der Waals surface area (Å²) >= 11 is 0. The van der Waals surface area contributed by atoms with Gasteiger partial charge in [-0.15, -0.1) is 10.2 Å². The summed E-state index contributed by atoms with van der Waals surface area (Å²) in [5, 5.41) is 14.4. The third-order valence-electron chi connectivity index (χ3n) is 6.79. The summed E-state index contributed by atoms with van der Waals surface area (Å²) in [5.41, 5.74) is 8.36. The minimum Gasteiger partial charge on any atom is -0.292 e. The number of H-pyrrole nitrogens is 1. The van der Waals surface area contributed by atoms with E-state index in [9.17, 15) is 4.79 Å². The molecule has 0 aliphatic rings. The van der Waals surface area contributed by atoms with E-state index in [1.807, 2.05) is 21.4 Å². The Morgan fingerprint density at radius 2 is 1.68 bits per heavy atom. The summed E-state index contributed by atoms with van der Waals surface area (Å²) in [5.74, 6) is 0.503.